The average Bonchev–Trinajstić information content (AvgIpc) is 3.57. The molecule has 2 saturated carbocycles. The molecule has 202 valence electrons. The van der Waals surface area contributed by atoms with Crippen molar-refractivity contribution >= 4 is 39.0 Å². The van der Waals surface area contributed by atoms with Crippen molar-refractivity contribution in [1.29, 1.82) is 0 Å². The quantitative estimate of drug-likeness (QED) is 0.383. The fourth-order valence-corrected chi connectivity index (χ4v) is 6.00. The van der Waals surface area contributed by atoms with Crippen LogP contribution in [0.2, 0.25) is 0 Å². The van der Waals surface area contributed by atoms with Gasteiger partial charge in [0.15, 0.2) is 11.5 Å². The molecule has 39 heavy (non-hydrogen) atoms. The standard InChI is InChI=1S/C26H28N8O4S/c1-14(15-5-6-15)33-13-17-11-16(12-19(20(17)25(33)36)32-39(3,37)38)18-7-10-34-23(29-18)21(22(27)31-34)24(35)30-26(28-2)8-4-9-26/h7,10-12,14-15,32H,4-6,8-9,13H2,1,3H3,(H2,27,31)(H,30,35)/t14-/m0/s1. The van der Waals surface area contributed by atoms with Crippen LogP contribution in [0.25, 0.3) is 21.7 Å². The molecule has 2 aromatic heterocycles. The first-order valence-corrected chi connectivity index (χ1v) is 14.7. The highest BCUT2D eigenvalue weighted by Gasteiger charge is 2.46. The summed E-state index contributed by atoms with van der Waals surface area (Å²) < 4.78 is 28.3. The fourth-order valence-electron chi connectivity index (χ4n) is 5.44. The molecule has 0 bridgehead atoms. The van der Waals surface area contributed by atoms with Gasteiger partial charge in [0.2, 0.25) is 10.0 Å². The van der Waals surface area contributed by atoms with Gasteiger partial charge in [0.25, 0.3) is 11.8 Å². The molecule has 3 aliphatic rings. The lowest BCUT2D eigenvalue weighted by Crippen LogP contribution is -2.50. The van der Waals surface area contributed by atoms with E-state index in [1.807, 2.05) is 13.0 Å². The van der Waals surface area contributed by atoms with Gasteiger partial charge in [-0.05, 0) is 55.9 Å². The third-order valence-corrected chi connectivity index (χ3v) is 8.49. The minimum Gasteiger partial charge on any atom is -0.381 e. The van der Waals surface area contributed by atoms with Crippen LogP contribution in [0.15, 0.2) is 24.4 Å². The summed E-state index contributed by atoms with van der Waals surface area (Å²) in [5.74, 6) is -0.276. The Bertz CT molecular complexity index is 1700. The normalized spacial score (nSPS) is 18.8. The molecule has 2 fully saturated rings. The SMILES string of the molecule is [C-]#[N+]C1(NC(=O)c2c(N)nn3ccc(-c4cc5c(c(NS(C)(=O)=O)c4)C(=O)N([C@@H](C)C4CC4)C5)nc23)CCC1. The fraction of sp³-hybridized carbons (Fsp3) is 0.423. The van der Waals surface area contributed by atoms with Crippen LogP contribution in [0.4, 0.5) is 11.5 Å². The number of sulfonamides is 1. The van der Waals surface area contributed by atoms with E-state index in [2.05, 4.69) is 25.0 Å². The number of nitrogens with one attached hydrogen (secondary N) is 2. The van der Waals surface area contributed by atoms with Gasteiger partial charge < -0.3 is 10.6 Å². The minimum absolute atomic E-state index is 0.0136. The number of nitrogens with two attached hydrogens (primary N) is 1. The molecule has 13 heteroatoms. The van der Waals surface area contributed by atoms with E-state index in [1.165, 1.54) is 4.52 Å². The molecule has 3 heterocycles. The third kappa shape index (κ3) is 4.34. The minimum atomic E-state index is -3.68. The van der Waals surface area contributed by atoms with E-state index in [9.17, 15) is 18.0 Å². The Morgan fingerprint density at radius 1 is 1.31 bits per heavy atom. The number of rotatable bonds is 7. The Balaban J connectivity index is 1.42. The summed E-state index contributed by atoms with van der Waals surface area (Å²) >= 11 is 0. The second kappa shape index (κ2) is 8.67. The summed E-state index contributed by atoms with van der Waals surface area (Å²) in [5, 5.41) is 7.00. The highest BCUT2D eigenvalue weighted by molar-refractivity contribution is 7.92. The first kappa shape index (κ1) is 25.1. The Morgan fingerprint density at radius 3 is 2.67 bits per heavy atom. The average molecular weight is 549 g/mol. The van der Waals surface area contributed by atoms with Crippen molar-refractivity contribution in [2.75, 3.05) is 16.7 Å². The van der Waals surface area contributed by atoms with Crippen LogP contribution in [0, 0.1) is 12.5 Å². The van der Waals surface area contributed by atoms with Crippen LogP contribution < -0.4 is 15.8 Å². The lowest BCUT2D eigenvalue weighted by molar-refractivity contribution is 0.0698. The van der Waals surface area contributed by atoms with Crippen molar-refractivity contribution in [1.82, 2.24) is 24.8 Å². The Morgan fingerprint density at radius 2 is 2.05 bits per heavy atom. The molecule has 0 saturated heterocycles. The van der Waals surface area contributed by atoms with Crippen LogP contribution in [0.5, 0.6) is 0 Å². The summed E-state index contributed by atoms with van der Waals surface area (Å²) in [4.78, 5) is 36.6. The largest absolute Gasteiger partial charge is 0.381 e. The maximum absolute atomic E-state index is 13.4. The number of carbonyl (C=O) groups excluding carboxylic acids is 2. The summed E-state index contributed by atoms with van der Waals surface area (Å²) in [6.07, 6.45) is 6.80. The zero-order chi connectivity index (χ0) is 27.7. The number of anilines is 2. The number of nitrogens with zero attached hydrogens (tertiary/aromatic N) is 5. The predicted octanol–water partition coefficient (Wildman–Crippen LogP) is 2.63. The second-order valence-corrected chi connectivity index (χ2v) is 12.5. The summed E-state index contributed by atoms with van der Waals surface area (Å²) in [7, 11) is -3.68. The lowest BCUT2D eigenvalue weighted by atomic mass is 9.85. The van der Waals surface area contributed by atoms with Gasteiger partial charge in [-0.25, -0.2) is 24.5 Å². The number of amides is 2. The first-order chi connectivity index (χ1) is 18.5. The van der Waals surface area contributed by atoms with Crippen molar-refractivity contribution in [3.63, 3.8) is 0 Å². The smallest absolute Gasteiger partial charge is 0.307 e. The Labute approximate surface area is 225 Å². The van der Waals surface area contributed by atoms with E-state index in [0.717, 1.165) is 25.5 Å². The second-order valence-electron chi connectivity index (χ2n) is 10.7. The van der Waals surface area contributed by atoms with Gasteiger partial charge in [0, 0.05) is 37.2 Å². The van der Waals surface area contributed by atoms with E-state index >= 15 is 0 Å². The predicted molar refractivity (Wildman–Crippen MR) is 144 cm³/mol. The molecule has 0 unspecified atom stereocenters. The number of aromatic nitrogens is 3. The molecule has 3 aromatic rings. The van der Waals surface area contributed by atoms with Crippen molar-refractivity contribution in [2.45, 2.75) is 57.3 Å². The first-order valence-electron chi connectivity index (χ1n) is 12.8. The van der Waals surface area contributed by atoms with E-state index in [4.69, 9.17) is 12.3 Å². The van der Waals surface area contributed by atoms with Crippen molar-refractivity contribution in [2.24, 2.45) is 5.92 Å². The van der Waals surface area contributed by atoms with Crippen LogP contribution in [-0.4, -0.2) is 57.7 Å². The number of benzene rings is 1. The van der Waals surface area contributed by atoms with Gasteiger partial charge in [0.1, 0.15) is 5.56 Å². The number of carbonyl (C=O) groups is 2. The highest BCUT2D eigenvalue weighted by Crippen LogP contribution is 2.41. The number of hydrogen-bond acceptors (Lipinski definition) is 7. The van der Waals surface area contributed by atoms with Crippen molar-refractivity contribution in [3.8, 4) is 11.3 Å². The lowest BCUT2D eigenvalue weighted by Gasteiger charge is -2.30. The molecule has 4 N–H and O–H groups in total. The molecule has 0 spiro atoms. The van der Waals surface area contributed by atoms with Gasteiger partial charge in [0.05, 0.1) is 23.2 Å². The van der Waals surface area contributed by atoms with E-state index < -0.39 is 21.6 Å². The molecule has 0 radical (unpaired) electrons. The van der Waals surface area contributed by atoms with Gasteiger partial charge in [-0.3, -0.25) is 24.5 Å². The molecule has 2 aliphatic carbocycles. The van der Waals surface area contributed by atoms with Crippen molar-refractivity contribution in [3.05, 3.63) is 52.5 Å². The number of fused-ring (bicyclic) bond motifs is 2. The molecule has 2 amide bonds. The molecular formula is C26H28N8O4S. The topological polar surface area (TPSA) is 156 Å². The summed E-state index contributed by atoms with van der Waals surface area (Å²) in [6.45, 7) is 9.88. The molecular weight excluding hydrogens is 520 g/mol. The van der Waals surface area contributed by atoms with Gasteiger partial charge in [-0.1, -0.05) is 0 Å². The Hall–Kier alpha value is -4.18. The van der Waals surface area contributed by atoms with Crippen LogP contribution in [0.3, 0.4) is 0 Å². The van der Waals surface area contributed by atoms with Crippen LogP contribution in [0.1, 0.15) is 65.3 Å². The molecule has 6 rings (SSSR count). The van der Waals surface area contributed by atoms with Crippen LogP contribution in [-0.2, 0) is 16.6 Å². The Kier molecular flexibility index (Phi) is 5.58. The maximum atomic E-state index is 13.4. The zero-order valence-electron chi connectivity index (χ0n) is 21.6. The number of hydrogen-bond donors (Lipinski definition) is 3. The molecule has 1 atom stereocenters. The van der Waals surface area contributed by atoms with E-state index in [-0.39, 0.29) is 34.7 Å². The maximum Gasteiger partial charge on any atom is 0.307 e. The van der Waals surface area contributed by atoms with Crippen molar-refractivity contribution < 1.29 is 18.0 Å². The van der Waals surface area contributed by atoms with Gasteiger partial charge >= 0.3 is 5.66 Å². The summed E-state index contributed by atoms with van der Waals surface area (Å²) in [5.41, 5.74) is 7.69. The van der Waals surface area contributed by atoms with E-state index in [1.54, 1.807) is 23.2 Å². The monoisotopic (exact) mass is 548 g/mol. The van der Waals surface area contributed by atoms with Crippen LogP contribution >= 0.6 is 0 Å². The van der Waals surface area contributed by atoms with Gasteiger partial charge in [-0.2, -0.15) is 0 Å². The molecule has 1 aliphatic heterocycles. The third-order valence-electron chi connectivity index (χ3n) is 7.90. The van der Waals surface area contributed by atoms with Gasteiger partial charge in [-0.15, -0.1) is 5.10 Å². The molecule has 1 aromatic carbocycles. The van der Waals surface area contributed by atoms with E-state index in [0.29, 0.717) is 47.7 Å². The zero-order valence-corrected chi connectivity index (χ0v) is 22.4. The highest BCUT2D eigenvalue weighted by atomic mass is 32.2. The molecule has 12 nitrogen and oxygen atoms in total. The summed E-state index contributed by atoms with van der Waals surface area (Å²) in [6, 6.07) is 5.16. The number of nitrogen functional groups attached to an aromatic ring is 1.